The number of nitrogens with one attached hydrogen (secondary N) is 1. The number of nitrogens with zero attached hydrogens (tertiary/aromatic N) is 2. The van der Waals surface area contributed by atoms with Gasteiger partial charge in [-0.3, -0.25) is 20.0 Å². The first-order chi connectivity index (χ1) is 25.6. The summed E-state index contributed by atoms with van der Waals surface area (Å²) in [4.78, 5) is 42.0. The Morgan fingerprint density at radius 2 is 1.68 bits per heavy atom. The molecule has 14 heteroatoms. The number of pyridine rings is 1. The van der Waals surface area contributed by atoms with Gasteiger partial charge in [-0.05, 0) is 90.5 Å². The smallest absolute Gasteiger partial charge is 0.338 e. The van der Waals surface area contributed by atoms with Crippen LogP contribution in [0.5, 0.6) is 11.5 Å². The van der Waals surface area contributed by atoms with Crippen molar-refractivity contribution < 1.29 is 42.8 Å². The number of aromatic nitrogens is 1. The molecular weight excluding hydrogens is 728 g/mol. The summed E-state index contributed by atoms with van der Waals surface area (Å²) >= 11 is 12.9. The van der Waals surface area contributed by atoms with Crippen LogP contribution in [0, 0.1) is 11.7 Å². The molecule has 3 aromatic carbocycles. The first kappa shape index (κ1) is 39.5. The quantitative estimate of drug-likeness (QED) is 0.109. The zero-order valence-corrected chi connectivity index (χ0v) is 30.7. The van der Waals surface area contributed by atoms with Crippen molar-refractivity contribution in [1.29, 1.82) is 0 Å². The Bertz CT molecular complexity index is 1870. The van der Waals surface area contributed by atoms with E-state index in [9.17, 15) is 14.0 Å². The van der Waals surface area contributed by atoms with E-state index in [4.69, 9.17) is 52.1 Å². The molecule has 4 aromatic rings. The number of carbonyl (C=O) groups is 3. The van der Waals surface area contributed by atoms with Crippen LogP contribution in [0.15, 0.2) is 79.1 Å². The third kappa shape index (κ3) is 10.2. The lowest BCUT2D eigenvalue weighted by atomic mass is 9.86. The molecule has 3 aliphatic rings. The van der Waals surface area contributed by atoms with Crippen molar-refractivity contribution in [3.8, 4) is 11.5 Å². The van der Waals surface area contributed by atoms with Gasteiger partial charge in [-0.15, -0.1) is 0 Å². The highest BCUT2D eigenvalue weighted by Crippen LogP contribution is 2.36. The van der Waals surface area contributed by atoms with Crippen molar-refractivity contribution in [2.45, 2.75) is 44.1 Å². The molecule has 280 valence electrons. The predicted molar refractivity (Wildman–Crippen MR) is 196 cm³/mol. The number of hydrogen-bond acceptors (Lipinski definition) is 10. The number of methoxy groups -OCH3 is 2. The first-order valence-electron chi connectivity index (χ1n) is 16.9. The van der Waals surface area contributed by atoms with Crippen LogP contribution in [0.25, 0.3) is 0 Å². The highest BCUT2D eigenvalue weighted by molar-refractivity contribution is 6.35. The van der Waals surface area contributed by atoms with Crippen LogP contribution in [0.1, 0.15) is 57.6 Å². The van der Waals surface area contributed by atoms with Crippen LogP contribution in [-0.2, 0) is 32.0 Å². The van der Waals surface area contributed by atoms with Crippen molar-refractivity contribution in [2.75, 3.05) is 33.9 Å². The predicted octanol–water partition coefficient (Wildman–Crippen LogP) is 6.85. The summed E-state index contributed by atoms with van der Waals surface area (Å²) in [6.45, 7) is 2.69. The van der Waals surface area contributed by atoms with Crippen molar-refractivity contribution in [3.05, 3.63) is 123 Å². The van der Waals surface area contributed by atoms with E-state index in [0.717, 1.165) is 25.9 Å². The van der Waals surface area contributed by atoms with E-state index in [-0.39, 0.29) is 25.5 Å². The van der Waals surface area contributed by atoms with E-state index in [1.807, 2.05) is 6.07 Å². The molecule has 11 nitrogen and oxygen atoms in total. The lowest BCUT2D eigenvalue weighted by Crippen LogP contribution is -2.52. The number of fused-ring (bicyclic) bond motifs is 3. The van der Waals surface area contributed by atoms with Crippen LogP contribution in [0.3, 0.4) is 0 Å². The topological polar surface area (TPSA) is 137 Å². The van der Waals surface area contributed by atoms with Gasteiger partial charge in [0.25, 0.3) is 6.47 Å². The number of hydrogen-bond donors (Lipinski definition) is 2. The number of piperidine rings is 3. The molecule has 7 rings (SSSR count). The monoisotopic (exact) mass is 767 g/mol. The van der Waals surface area contributed by atoms with Crippen LogP contribution >= 0.6 is 23.2 Å². The minimum absolute atomic E-state index is 0.166. The summed E-state index contributed by atoms with van der Waals surface area (Å²) in [5.41, 5.74) is 2.66. The molecule has 2 N–H and O–H groups in total. The summed E-state index contributed by atoms with van der Waals surface area (Å²) in [5, 5.41) is 10.8. The maximum Gasteiger partial charge on any atom is 0.338 e. The molecule has 3 saturated heterocycles. The van der Waals surface area contributed by atoms with Gasteiger partial charge in [0.15, 0.2) is 11.5 Å². The Morgan fingerprint density at radius 1 is 0.981 bits per heavy atom. The van der Waals surface area contributed by atoms with Crippen LogP contribution in [0.4, 0.5) is 4.39 Å². The number of rotatable bonds is 13. The third-order valence-corrected chi connectivity index (χ3v) is 9.98. The number of esters is 2. The minimum Gasteiger partial charge on any atom is -0.493 e. The van der Waals surface area contributed by atoms with E-state index in [0.29, 0.717) is 61.8 Å². The summed E-state index contributed by atoms with van der Waals surface area (Å²) in [5.74, 6) is -0.189. The lowest BCUT2D eigenvalue weighted by molar-refractivity contribution is -0.161. The zero-order valence-electron chi connectivity index (χ0n) is 29.2. The molecule has 1 unspecified atom stereocenters. The second-order valence-corrected chi connectivity index (χ2v) is 13.4. The Hall–Kier alpha value is -4.75. The van der Waals surface area contributed by atoms with Crippen molar-refractivity contribution >= 4 is 41.6 Å². The molecule has 3 fully saturated rings. The maximum atomic E-state index is 14.3. The van der Waals surface area contributed by atoms with Gasteiger partial charge >= 0.3 is 11.9 Å². The van der Waals surface area contributed by atoms with Gasteiger partial charge in [0.1, 0.15) is 24.1 Å². The number of ether oxygens (including phenoxy) is 4. The van der Waals surface area contributed by atoms with Gasteiger partial charge in [0.05, 0.1) is 29.8 Å². The molecular formula is C39H40Cl2FN3O8. The van der Waals surface area contributed by atoms with Gasteiger partial charge in [-0.2, -0.15) is 0 Å². The highest BCUT2D eigenvalue weighted by Gasteiger charge is 2.38. The Kier molecular flexibility index (Phi) is 14.0. The molecule has 2 bridgehead atoms. The van der Waals surface area contributed by atoms with E-state index in [2.05, 4.69) is 15.2 Å². The second kappa shape index (κ2) is 18.8. The fourth-order valence-corrected chi connectivity index (χ4v) is 7.13. The van der Waals surface area contributed by atoms with Gasteiger partial charge in [-0.25, -0.2) is 14.0 Å². The largest absolute Gasteiger partial charge is 0.493 e. The molecule has 4 heterocycles. The summed E-state index contributed by atoms with van der Waals surface area (Å²) in [6.07, 6.45) is 4.12. The molecule has 3 atom stereocenters. The number of benzene rings is 3. The van der Waals surface area contributed by atoms with Crippen molar-refractivity contribution in [1.82, 2.24) is 15.2 Å². The summed E-state index contributed by atoms with van der Waals surface area (Å²) < 4.78 is 37.3. The number of halogens is 3. The average Bonchev–Trinajstić information content (AvgIpc) is 3.16. The molecule has 0 saturated carbocycles. The molecule has 3 aliphatic heterocycles. The number of carboxylic acid groups (broad SMARTS) is 1. The molecule has 1 aromatic heterocycles. The third-order valence-electron chi connectivity index (χ3n) is 9.32. The molecule has 53 heavy (non-hydrogen) atoms. The highest BCUT2D eigenvalue weighted by atomic mass is 35.5. The molecule has 0 amide bonds. The number of carbonyl (C=O) groups excluding carboxylic acids is 2. The van der Waals surface area contributed by atoms with Gasteiger partial charge in [0.2, 0.25) is 0 Å². The normalized spacial score (nSPS) is 18.5. The fraction of sp³-hybridized carbons (Fsp3) is 0.333. The van der Waals surface area contributed by atoms with Crippen LogP contribution in [-0.4, -0.2) is 73.4 Å². The lowest BCUT2D eigenvalue weighted by Gasteiger charge is -2.44. The molecule has 0 spiro atoms. The van der Waals surface area contributed by atoms with Crippen molar-refractivity contribution in [3.63, 3.8) is 0 Å². The van der Waals surface area contributed by atoms with E-state index in [1.54, 1.807) is 48.5 Å². The van der Waals surface area contributed by atoms with Crippen LogP contribution < -0.4 is 14.8 Å². The van der Waals surface area contributed by atoms with E-state index in [1.165, 1.54) is 38.7 Å². The SMILES string of the molecule is COc1ccc([C@@H](Cc2c(Cl)cncc2Cl)OC(=O)c2cccc(CNC(C(=O)O[C@H]3CN4CCC3CC4)c3cccc(F)c3)c2)cc1OC.O=CO. The minimum atomic E-state index is -0.916. The fourth-order valence-electron chi connectivity index (χ4n) is 6.61. The standard InChI is InChI=1S/C38H38Cl2FN3O6.CH2O2/c1-47-32-10-9-25(17-34(32)48-2)33(18-29-30(39)20-42-21-31(29)40)49-37(45)27-7-3-5-23(15-27)19-43-36(26-6-4-8-28(41)16-26)38(46)50-35-22-44-13-11-24(35)12-14-44;2-1-3/h3-10,15-17,20-21,24,33,35-36,43H,11-14,18-19,22H2,1-2H3;1H,(H,2,3)/t33-,35+,36?;/m1./s1. The van der Waals surface area contributed by atoms with Crippen LogP contribution in [0.2, 0.25) is 10.0 Å². The summed E-state index contributed by atoms with van der Waals surface area (Å²) in [6, 6.07) is 17.2. The van der Waals surface area contributed by atoms with E-state index >= 15 is 0 Å². The Labute approximate surface area is 316 Å². The van der Waals surface area contributed by atoms with Gasteiger partial charge < -0.3 is 24.1 Å². The van der Waals surface area contributed by atoms with Gasteiger partial charge in [0, 0.05) is 31.9 Å². The Morgan fingerprint density at radius 3 is 2.32 bits per heavy atom. The van der Waals surface area contributed by atoms with Gasteiger partial charge in [-0.1, -0.05) is 53.5 Å². The summed E-state index contributed by atoms with van der Waals surface area (Å²) in [7, 11) is 3.06. The van der Waals surface area contributed by atoms with E-state index < -0.39 is 29.9 Å². The Balaban J connectivity index is 0.00000175. The average molecular weight is 769 g/mol. The molecule has 0 radical (unpaired) electrons. The zero-order chi connectivity index (χ0) is 37.9. The molecule has 0 aliphatic carbocycles. The first-order valence-corrected chi connectivity index (χ1v) is 17.7. The van der Waals surface area contributed by atoms with Crippen molar-refractivity contribution in [2.24, 2.45) is 5.92 Å². The second-order valence-electron chi connectivity index (χ2n) is 12.6. The maximum absolute atomic E-state index is 14.3.